The first-order valence-electron chi connectivity index (χ1n) is 20.3. The Bertz CT molecular complexity index is 3380. The van der Waals surface area contributed by atoms with Gasteiger partial charge < -0.3 is 9.13 Å². The van der Waals surface area contributed by atoms with E-state index in [0.717, 1.165) is 6.42 Å². The van der Waals surface area contributed by atoms with E-state index in [2.05, 4.69) is 215 Å². The Labute approximate surface area is 337 Å². The predicted molar refractivity (Wildman–Crippen MR) is 246 cm³/mol. The fourth-order valence-corrected chi connectivity index (χ4v) is 16.1. The summed E-state index contributed by atoms with van der Waals surface area (Å²) in [4.78, 5) is 0. The minimum absolute atomic E-state index is 0.901. The predicted octanol–water partition coefficient (Wildman–Crippen LogP) is 10.8. The molecular weight excluding hydrogens is 717 g/mol. The second kappa shape index (κ2) is 11.9. The van der Waals surface area contributed by atoms with Crippen LogP contribution in [0, 0.1) is 0 Å². The molecule has 0 atom stereocenters. The number of rotatable bonds is 4. The van der Waals surface area contributed by atoms with Crippen LogP contribution in [0.15, 0.2) is 206 Å². The van der Waals surface area contributed by atoms with Crippen molar-refractivity contribution in [2.24, 2.45) is 0 Å². The quantitative estimate of drug-likeness (QED) is 0.159. The molecule has 0 amide bonds. The van der Waals surface area contributed by atoms with Gasteiger partial charge in [-0.1, -0.05) is 164 Å². The monoisotopic (exact) mass is 752 g/mol. The summed E-state index contributed by atoms with van der Waals surface area (Å²) in [6.45, 7) is 0. The highest BCUT2D eigenvalue weighted by Crippen LogP contribution is 2.45. The average Bonchev–Trinajstić information content (AvgIpc) is 4.02. The van der Waals surface area contributed by atoms with Crippen molar-refractivity contribution in [2.45, 2.75) is 6.42 Å². The molecule has 0 saturated carbocycles. The molecule has 1 aliphatic heterocycles. The molecule has 13 rings (SSSR count). The molecule has 0 spiro atoms. The summed E-state index contributed by atoms with van der Waals surface area (Å²) >= 11 is 0. The molecule has 2 aliphatic rings. The van der Waals surface area contributed by atoms with Gasteiger partial charge in [0.1, 0.15) is 0 Å². The lowest BCUT2D eigenvalue weighted by Crippen LogP contribution is -2.72. The molecule has 0 N–H and O–H groups in total. The largest absolute Gasteiger partial charge is 0.309 e. The maximum atomic E-state index is 2.58. The van der Waals surface area contributed by atoms with E-state index in [1.54, 1.807) is 0 Å². The van der Waals surface area contributed by atoms with Crippen LogP contribution in [0.3, 0.4) is 0 Å². The molecule has 0 bridgehead atoms. The maximum absolute atomic E-state index is 2.61. The van der Waals surface area contributed by atoms with E-state index < -0.39 is 8.07 Å². The van der Waals surface area contributed by atoms with Crippen molar-refractivity contribution in [2.75, 3.05) is 0 Å². The number of hydrogen-bond acceptors (Lipinski definition) is 0. The Morgan fingerprint density at radius 1 is 0.345 bits per heavy atom. The van der Waals surface area contributed by atoms with Gasteiger partial charge in [0, 0.05) is 39.3 Å². The number of para-hydroxylation sites is 3. The Hall–Kier alpha value is -7.20. The first-order chi connectivity index (χ1) is 28.8. The van der Waals surface area contributed by atoms with E-state index in [0.29, 0.717) is 0 Å². The highest BCUT2D eigenvalue weighted by molar-refractivity contribution is 7.22. The SMILES string of the molecule is c1ccc(-n2c3ccc(-n4c5ccccc5c5ccccc54)cc3c3ccc4c(c32)Cc2ccc([Si]3(c5ccccc5)c5ccccc5-c5ccccc53)cc2-4)cc1. The van der Waals surface area contributed by atoms with Crippen LogP contribution in [0.1, 0.15) is 11.1 Å². The van der Waals surface area contributed by atoms with Gasteiger partial charge in [-0.25, -0.2) is 0 Å². The van der Waals surface area contributed by atoms with Gasteiger partial charge in [-0.2, -0.15) is 0 Å². The summed E-state index contributed by atoms with van der Waals surface area (Å²) in [5.41, 5.74) is 15.6. The van der Waals surface area contributed by atoms with Crippen LogP contribution in [-0.4, -0.2) is 17.2 Å². The van der Waals surface area contributed by atoms with Gasteiger partial charge in [-0.15, -0.1) is 0 Å². The van der Waals surface area contributed by atoms with E-state index >= 15 is 0 Å². The van der Waals surface area contributed by atoms with Gasteiger partial charge in [0.15, 0.2) is 8.07 Å². The first-order valence-corrected chi connectivity index (χ1v) is 22.3. The van der Waals surface area contributed by atoms with Crippen LogP contribution >= 0.6 is 0 Å². The summed E-state index contributed by atoms with van der Waals surface area (Å²) in [7, 11) is -2.61. The van der Waals surface area contributed by atoms with E-state index in [1.165, 1.54) is 109 Å². The average molecular weight is 753 g/mol. The van der Waals surface area contributed by atoms with Crippen molar-refractivity contribution in [1.82, 2.24) is 9.13 Å². The van der Waals surface area contributed by atoms with Crippen molar-refractivity contribution in [3.05, 3.63) is 217 Å². The van der Waals surface area contributed by atoms with Crippen molar-refractivity contribution in [3.8, 4) is 33.6 Å². The zero-order chi connectivity index (χ0) is 38.0. The van der Waals surface area contributed by atoms with E-state index in [9.17, 15) is 0 Å². The van der Waals surface area contributed by atoms with Crippen LogP contribution in [0.25, 0.3) is 77.2 Å². The highest BCUT2D eigenvalue weighted by Gasteiger charge is 2.48. The minimum atomic E-state index is -2.61. The van der Waals surface area contributed by atoms with Gasteiger partial charge in [-0.05, 0) is 96.6 Å². The zero-order valence-corrected chi connectivity index (χ0v) is 32.7. The molecule has 1 aliphatic carbocycles. The maximum Gasteiger partial charge on any atom is 0.180 e. The van der Waals surface area contributed by atoms with E-state index in [4.69, 9.17) is 0 Å². The molecular formula is C55H36N2Si. The van der Waals surface area contributed by atoms with Crippen molar-refractivity contribution < 1.29 is 0 Å². The molecule has 2 aromatic heterocycles. The molecule has 3 heterocycles. The number of benzene rings is 9. The lowest BCUT2D eigenvalue weighted by molar-refractivity contribution is 1.15. The third-order valence-corrected chi connectivity index (χ3v) is 18.1. The van der Waals surface area contributed by atoms with E-state index in [1.807, 2.05) is 0 Å². The van der Waals surface area contributed by atoms with Crippen LogP contribution in [0.2, 0.25) is 0 Å². The van der Waals surface area contributed by atoms with Gasteiger partial charge >= 0.3 is 0 Å². The first kappa shape index (κ1) is 31.9. The minimum Gasteiger partial charge on any atom is -0.309 e. The number of nitrogens with zero attached hydrogens (tertiary/aromatic N) is 2. The normalized spacial score (nSPS) is 13.6. The third kappa shape index (κ3) is 4.16. The zero-order valence-electron chi connectivity index (χ0n) is 31.7. The number of hydrogen-bond donors (Lipinski definition) is 0. The summed E-state index contributed by atoms with van der Waals surface area (Å²) < 4.78 is 4.96. The van der Waals surface area contributed by atoms with Crippen molar-refractivity contribution >= 4 is 72.4 Å². The number of aromatic nitrogens is 2. The fourth-order valence-electron chi connectivity index (χ4n) is 10.9. The second-order valence-electron chi connectivity index (χ2n) is 16.0. The molecule has 0 fully saturated rings. The highest BCUT2D eigenvalue weighted by atomic mass is 28.3. The molecule has 0 radical (unpaired) electrons. The van der Waals surface area contributed by atoms with Crippen LogP contribution in [0.5, 0.6) is 0 Å². The van der Waals surface area contributed by atoms with Gasteiger partial charge in [-0.3, -0.25) is 0 Å². The van der Waals surface area contributed by atoms with Crippen molar-refractivity contribution in [3.63, 3.8) is 0 Å². The summed E-state index contributed by atoms with van der Waals surface area (Å²) in [6, 6.07) is 77.7. The smallest absolute Gasteiger partial charge is 0.180 e. The molecule has 11 aromatic rings. The summed E-state index contributed by atoms with van der Waals surface area (Å²) in [5, 5.41) is 11.0. The Balaban J connectivity index is 1.06. The lowest BCUT2D eigenvalue weighted by atomic mass is 10.0. The van der Waals surface area contributed by atoms with Crippen molar-refractivity contribution in [1.29, 1.82) is 0 Å². The molecule has 0 saturated heterocycles. The Morgan fingerprint density at radius 2 is 0.948 bits per heavy atom. The van der Waals surface area contributed by atoms with Gasteiger partial charge in [0.05, 0.1) is 22.1 Å². The Kier molecular flexibility index (Phi) is 6.56. The van der Waals surface area contributed by atoms with E-state index in [-0.39, 0.29) is 0 Å². The van der Waals surface area contributed by atoms with Crippen LogP contribution in [0.4, 0.5) is 0 Å². The van der Waals surface area contributed by atoms with Gasteiger partial charge in [0.25, 0.3) is 0 Å². The Morgan fingerprint density at radius 3 is 1.66 bits per heavy atom. The standard InChI is InChI=1S/C55H36N2Si/c1-3-15-37(16-4-1)57-52-32-28-38(56-50-23-11-7-19-42(50)43-20-8-12-24-51(43)56)34-48(52)46-31-30-41-47-35-40(29-27-36(47)33-49(41)55(46)57)58(39-17-5-2-6-18-39)53-25-13-9-21-44(53)45-22-10-14-26-54(45)58/h1-32,34-35H,33H2. The lowest BCUT2D eigenvalue weighted by Gasteiger charge is -2.31. The molecule has 3 heteroatoms. The molecule has 2 nitrogen and oxygen atoms in total. The molecule has 270 valence electrons. The van der Waals surface area contributed by atoms with Crippen LogP contribution < -0.4 is 20.7 Å². The molecule has 9 aromatic carbocycles. The second-order valence-corrected chi connectivity index (χ2v) is 19.7. The topological polar surface area (TPSA) is 9.86 Å². The van der Waals surface area contributed by atoms with Gasteiger partial charge in [0.2, 0.25) is 0 Å². The number of fused-ring (bicyclic) bond motifs is 13. The summed E-state index contributed by atoms with van der Waals surface area (Å²) in [6.07, 6.45) is 0.901. The molecule has 58 heavy (non-hydrogen) atoms. The summed E-state index contributed by atoms with van der Waals surface area (Å²) in [5.74, 6) is 0. The third-order valence-electron chi connectivity index (χ3n) is 13.2. The van der Waals surface area contributed by atoms with Crippen LogP contribution in [-0.2, 0) is 6.42 Å². The fraction of sp³-hybridized carbons (Fsp3) is 0.0182. The molecule has 0 unspecified atom stereocenters.